The van der Waals surface area contributed by atoms with E-state index in [0.29, 0.717) is 11.8 Å². The molecular weight excluding hydrogens is 239 g/mol. The molecule has 1 fully saturated rings. The predicted molar refractivity (Wildman–Crippen MR) is 71.5 cm³/mol. The number of benzene rings is 1. The van der Waals surface area contributed by atoms with E-state index < -0.39 is 0 Å². The third kappa shape index (κ3) is 1.89. The number of halogens is 2. The predicted octanol–water partition coefficient (Wildman–Crippen LogP) is 4.94. The molecule has 2 rings (SSSR count). The first-order chi connectivity index (χ1) is 7.34. The van der Waals surface area contributed by atoms with E-state index in [2.05, 4.69) is 26.5 Å². The van der Waals surface area contributed by atoms with E-state index in [9.17, 15) is 0 Å². The molecule has 0 nitrogen and oxygen atoms in total. The van der Waals surface area contributed by atoms with Crippen molar-refractivity contribution in [2.24, 2.45) is 5.92 Å². The van der Waals surface area contributed by atoms with Gasteiger partial charge in [-0.05, 0) is 44.0 Å². The van der Waals surface area contributed by atoms with Crippen molar-refractivity contribution >= 4 is 23.2 Å². The molecule has 0 amide bonds. The summed E-state index contributed by atoms with van der Waals surface area (Å²) in [5, 5.41) is 0.787. The molecule has 1 aliphatic rings. The minimum absolute atomic E-state index is 0.192. The highest BCUT2D eigenvalue weighted by molar-refractivity contribution is 6.31. The Balaban J connectivity index is 2.37. The lowest BCUT2D eigenvalue weighted by atomic mass is 10.0. The molecule has 1 saturated carbocycles. The molecule has 0 N–H and O–H groups in total. The van der Waals surface area contributed by atoms with Crippen molar-refractivity contribution in [3.8, 4) is 0 Å². The van der Waals surface area contributed by atoms with Crippen LogP contribution in [0.25, 0.3) is 0 Å². The number of hydrogen-bond donors (Lipinski definition) is 0. The summed E-state index contributed by atoms with van der Waals surface area (Å²) < 4.78 is 0. The molecule has 16 heavy (non-hydrogen) atoms. The normalized spacial score (nSPS) is 32.6. The maximum absolute atomic E-state index is 6.50. The van der Waals surface area contributed by atoms with Crippen LogP contribution in [0.15, 0.2) is 30.4 Å². The Morgan fingerprint density at radius 1 is 1.38 bits per heavy atom. The molecule has 3 unspecified atom stereocenters. The largest absolute Gasteiger partial charge is 0.118 e. The van der Waals surface area contributed by atoms with Crippen LogP contribution in [-0.4, -0.2) is 4.87 Å². The van der Waals surface area contributed by atoms with Gasteiger partial charge in [-0.2, -0.15) is 0 Å². The number of allylic oxidation sites excluding steroid dienone is 1. The summed E-state index contributed by atoms with van der Waals surface area (Å²) in [6.45, 7) is 10.2. The lowest BCUT2D eigenvalue weighted by Crippen LogP contribution is -1.95. The first-order valence-corrected chi connectivity index (χ1v) is 6.21. The zero-order chi connectivity index (χ0) is 12.1. The molecule has 0 bridgehead atoms. The molecule has 0 aromatic heterocycles. The minimum atomic E-state index is -0.192. The van der Waals surface area contributed by atoms with E-state index in [-0.39, 0.29) is 4.87 Å². The second-order valence-corrected chi connectivity index (χ2v) is 6.27. The molecule has 86 valence electrons. The SMILES string of the molecule is C=C(C)C1C(c2cc(C)cc(Cl)c2)C1(C)Cl. The molecule has 0 heterocycles. The van der Waals surface area contributed by atoms with E-state index in [4.69, 9.17) is 23.2 Å². The number of rotatable bonds is 2. The van der Waals surface area contributed by atoms with Crippen LogP contribution in [0.4, 0.5) is 0 Å². The van der Waals surface area contributed by atoms with Crippen molar-refractivity contribution in [3.05, 3.63) is 46.5 Å². The van der Waals surface area contributed by atoms with Gasteiger partial charge in [0.05, 0.1) is 4.87 Å². The summed E-state index contributed by atoms with van der Waals surface area (Å²) in [5.74, 6) is 0.719. The standard InChI is InChI=1S/C14H16Cl2/c1-8(2)12-13(14(12,4)16)10-5-9(3)6-11(15)7-10/h5-7,12-13H,1H2,2-4H3. The van der Waals surface area contributed by atoms with Crippen molar-refractivity contribution in [2.75, 3.05) is 0 Å². The fraction of sp³-hybridized carbons (Fsp3) is 0.429. The van der Waals surface area contributed by atoms with Gasteiger partial charge in [-0.25, -0.2) is 0 Å². The van der Waals surface area contributed by atoms with Crippen LogP contribution in [0.2, 0.25) is 5.02 Å². The van der Waals surface area contributed by atoms with Crippen LogP contribution in [-0.2, 0) is 0 Å². The Morgan fingerprint density at radius 2 is 2.00 bits per heavy atom. The third-order valence-electron chi connectivity index (χ3n) is 3.39. The summed E-state index contributed by atoms with van der Waals surface area (Å²) in [5.41, 5.74) is 3.57. The minimum Gasteiger partial charge on any atom is -0.118 e. The van der Waals surface area contributed by atoms with E-state index >= 15 is 0 Å². The van der Waals surface area contributed by atoms with E-state index in [1.54, 1.807) is 0 Å². The smallest absolute Gasteiger partial charge is 0.0564 e. The summed E-state index contributed by atoms with van der Waals surface area (Å²) >= 11 is 12.6. The topological polar surface area (TPSA) is 0 Å². The van der Waals surface area contributed by atoms with Gasteiger partial charge in [0, 0.05) is 16.9 Å². The van der Waals surface area contributed by atoms with Crippen molar-refractivity contribution in [2.45, 2.75) is 31.6 Å². The average Bonchev–Trinajstić information content (AvgIpc) is 2.67. The van der Waals surface area contributed by atoms with E-state index in [1.165, 1.54) is 11.1 Å². The van der Waals surface area contributed by atoms with Gasteiger partial charge in [-0.1, -0.05) is 29.8 Å². The van der Waals surface area contributed by atoms with Gasteiger partial charge in [-0.15, -0.1) is 11.6 Å². The van der Waals surface area contributed by atoms with Crippen LogP contribution < -0.4 is 0 Å². The van der Waals surface area contributed by atoms with E-state index in [1.807, 2.05) is 19.1 Å². The number of aryl methyl sites for hydroxylation is 1. The fourth-order valence-electron chi connectivity index (χ4n) is 2.71. The van der Waals surface area contributed by atoms with Gasteiger partial charge >= 0.3 is 0 Å². The van der Waals surface area contributed by atoms with Gasteiger partial charge in [-0.3, -0.25) is 0 Å². The highest BCUT2D eigenvalue weighted by Gasteiger charge is 2.61. The van der Waals surface area contributed by atoms with Gasteiger partial charge in [0.15, 0.2) is 0 Å². The Bertz CT molecular complexity index is 426. The second kappa shape index (κ2) is 3.78. The Kier molecular flexibility index (Phi) is 2.84. The summed E-state index contributed by atoms with van der Waals surface area (Å²) in [6, 6.07) is 6.15. The monoisotopic (exact) mass is 254 g/mol. The molecule has 1 aliphatic carbocycles. The summed E-state index contributed by atoms with van der Waals surface area (Å²) in [7, 11) is 0. The van der Waals surface area contributed by atoms with Crippen LogP contribution >= 0.6 is 23.2 Å². The van der Waals surface area contributed by atoms with Gasteiger partial charge in [0.1, 0.15) is 0 Å². The fourth-order valence-corrected chi connectivity index (χ4v) is 3.51. The van der Waals surface area contributed by atoms with Crippen molar-refractivity contribution < 1.29 is 0 Å². The molecule has 0 spiro atoms. The van der Waals surface area contributed by atoms with Crippen molar-refractivity contribution in [1.29, 1.82) is 0 Å². The lowest BCUT2D eigenvalue weighted by molar-refractivity contribution is 0.894. The molecule has 1 aromatic rings. The molecule has 0 aliphatic heterocycles. The summed E-state index contributed by atoms with van der Waals surface area (Å²) in [4.78, 5) is -0.192. The van der Waals surface area contributed by atoms with Crippen molar-refractivity contribution in [1.82, 2.24) is 0 Å². The second-order valence-electron chi connectivity index (χ2n) is 5.01. The zero-order valence-corrected chi connectivity index (χ0v) is 11.4. The molecule has 2 heteroatoms. The molecule has 0 radical (unpaired) electrons. The third-order valence-corrected chi connectivity index (χ3v) is 4.08. The number of alkyl halides is 1. The molecule has 0 saturated heterocycles. The maximum Gasteiger partial charge on any atom is 0.0564 e. The zero-order valence-electron chi connectivity index (χ0n) is 9.85. The quantitative estimate of drug-likeness (QED) is 0.519. The molecule has 1 aromatic carbocycles. The molecule has 3 atom stereocenters. The first-order valence-electron chi connectivity index (χ1n) is 5.45. The van der Waals surface area contributed by atoms with Crippen LogP contribution in [0.3, 0.4) is 0 Å². The van der Waals surface area contributed by atoms with E-state index in [0.717, 1.165) is 10.6 Å². The number of hydrogen-bond acceptors (Lipinski definition) is 0. The Morgan fingerprint density at radius 3 is 2.44 bits per heavy atom. The Hall–Kier alpha value is -0.460. The highest BCUT2D eigenvalue weighted by atomic mass is 35.5. The lowest BCUT2D eigenvalue weighted by Gasteiger charge is -2.04. The maximum atomic E-state index is 6.50. The van der Waals surface area contributed by atoms with Crippen LogP contribution in [0.1, 0.15) is 30.9 Å². The van der Waals surface area contributed by atoms with Gasteiger partial charge in [0.25, 0.3) is 0 Å². The summed E-state index contributed by atoms with van der Waals surface area (Å²) in [6.07, 6.45) is 0. The highest BCUT2D eigenvalue weighted by Crippen LogP contribution is 2.64. The first kappa shape index (κ1) is 12.0. The average molecular weight is 255 g/mol. The van der Waals surface area contributed by atoms with Crippen molar-refractivity contribution in [3.63, 3.8) is 0 Å². The molecular formula is C14H16Cl2. The van der Waals surface area contributed by atoms with Gasteiger partial charge in [0.2, 0.25) is 0 Å². The van der Waals surface area contributed by atoms with Crippen LogP contribution in [0.5, 0.6) is 0 Å². The van der Waals surface area contributed by atoms with Gasteiger partial charge < -0.3 is 0 Å². The van der Waals surface area contributed by atoms with Crippen LogP contribution in [0, 0.1) is 12.8 Å². The Labute approximate surface area is 107 Å².